The van der Waals surface area contributed by atoms with E-state index < -0.39 is 0 Å². The molecule has 0 amide bonds. The van der Waals surface area contributed by atoms with Gasteiger partial charge in [0, 0.05) is 22.5 Å². The molecule has 0 saturated carbocycles. The highest BCUT2D eigenvalue weighted by molar-refractivity contribution is 6.36. The molecule has 94 valence electrons. The Bertz CT molecular complexity index is 520. The number of hydrogen-bond donors (Lipinski definition) is 4. The first-order chi connectivity index (χ1) is 8.65. The van der Waals surface area contributed by atoms with E-state index >= 15 is 0 Å². The average Bonchev–Trinajstić information content (AvgIpc) is 2.39. The molecule has 4 nitrogen and oxygen atoms in total. The van der Waals surface area contributed by atoms with E-state index in [1.165, 1.54) is 0 Å². The summed E-state index contributed by atoms with van der Waals surface area (Å²) in [7, 11) is 0. The van der Waals surface area contributed by atoms with Gasteiger partial charge >= 0.3 is 0 Å². The fourth-order valence-electron chi connectivity index (χ4n) is 1.65. The maximum atomic E-state index is 6.19. The van der Waals surface area contributed by atoms with Gasteiger partial charge in [0.25, 0.3) is 0 Å². The monoisotopic (exact) mass is 282 g/mol. The van der Waals surface area contributed by atoms with E-state index in [1.807, 2.05) is 24.3 Å². The number of nitrogens with one attached hydrogen (secondary N) is 2. The highest BCUT2D eigenvalue weighted by atomic mass is 35.5. The Morgan fingerprint density at radius 1 is 0.722 bits per heavy atom. The second kappa shape index (κ2) is 5.46. The molecule has 0 aromatic heterocycles. The van der Waals surface area contributed by atoms with Crippen LogP contribution >= 0.6 is 23.2 Å². The minimum atomic E-state index is 0.570. The summed E-state index contributed by atoms with van der Waals surface area (Å²) in [5.41, 5.74) is 8.22. The lowest BCUT2D eigenvalue weighted by molar-refractivity contribution is 1.35. The van der Waals surface area contributed by atoms with Crippen molar-refractivity contribution in [2.75, 3.05) is 10.9 Å². The smallest absolute Gasteiger partial charge is 0.0505 e. The molecule has 2 rings (SSSR count). The fourth-order valence-corrected chi connectivity index (χ4v) is 2.21. The first-order valence-electron chi connectivity index (χ1n) is 5.18. The Balaban J connectivity index is 2.48. The summed E-state index contributed by atoms with van der Waals surface area (Å²) in [5, 5.41) is 1.14. The zero-order valence-corrected chi connectivity index (χ0v) is 10.9. The van der Waals surface area contributed by atoms with E-state index in [-0.39, 0.29) is 0 Å². The van der Waals surface area contributed by atoms with E-state index in [2.05, 4.69) is 10.9 Å². The maximum Gasteiger partial charge on any atom is 0.0505 e. The predicted molar refractivity (Wildman–Crippen MR) is 77.5 cm³/mol. The van der Waals surface area contributed by atoms with Gasteiger partial charge in [0.1, 0.15) is 0 Å². The maximum absolute atomic E-state index is 6.19. The van der Waals surface area contributed by atoms with Crippen molar-refractivity contribution < 1.29 is 0 Å². The van der Waals surface area contributed by atoms with Crippen LogP contribution in [-0.4, -0.2) is 0 Å². The summed E-state index contributed by atoms with van der Waals surface area (Å²) in [6.45, 7) is 0. The fraction of sp³-hybridized carbons (Fsp3) is 0. The molecule has 6 N–H and O–H groups in total. The lowest BCUT2D eigenvalue weighted by atomic mass is 10.0. The van der Waals surface area contributed by atoms with Gasteiger partial charge in [-0.05, 0) is 24.3 Å². The highest BCUT2D eigenvalue weighted by Crippen LogP contribution is 2.35. The van der Waals surface area contributed by atoms with Crippen molar-refractivity contribution >= 4 is 34.6 Å². The Kier molecular flexibility index (Phi) is 3.93. The number of nitrogen functional groups attached to an aromatic ring is 2. The molecule has 0 bridgehead atoms. The molecule has 2 aromatic carbocycles. The van der Waals surface area contributed by atoms with Crippen LogP contribution in [0, 0.1) is 0 Å². The predicted octanol–water partition coefficient (Wildman–Crippen LogP) is 3.23. The van der Waals surface area contributed by atoms with Crippen LogP contribution in [-0.2, 0) is 0 Å². The van der Waals surface area contributed by atoms with Gasteiger partial charge in [-0.25, -0.2) is 0 Å². The average molecular weight is 283 g/mol. The Morgan fingerprint density at radius 2 is 1.11 bits per heavy atom. The zero-order chi connectivity index (χ0) is 13.1. The molecule has 0 fully saturated rings. The van der Waals surface area contributed by atoms with Gasteiger partial charge in [0.05, 0.1) is 10.0 Å². The molecule has 0 aliphatic carbocycles. The van der Waals surface area contributed by atoms with E-state index in [0.717, 1.165) is 22.5 Å². The van der Waals surface area contributed by atoms with Gasteiger partial charge < -0.3 is 10.9 Å². The molecule has 0 atom stereocenters. The van der Waals surface area contributed by atoms with E-state index in [9.17, 15) is 0 Å². The summed E-state index contributed by atoms with van der Waals surface area (Å²) in [4.78, 5) is 0. The number of benzene rings is 2. The number of anilines is 2. The molecule has 0 saturated heterocycles. The van der Waals surface area contributed by atoms with Crippen LogP contribution in [0.3, 0.4) is 0 Å². The van der Waals surface area contributed by atoms with Crippen LogP contribution in [0.1, 0.15) is 0 Å². The summed E-state index contributed by atoms with van der Waals surface area (Å²) in [5.74, 6) is 10.6. The molecular formula is C12H12Cl2N4. The van der Waals surface area contributed by atoms with Crippen LogP contribution in [0.2, 0.25) is 10.0 Å². The largest absolute Gasteiger partial charge is 0.324 e. The molecule has 0 aliphatic heterocycles. The van der Waals surface area contributed by atoms with Crippen molar-refractivity contribution in [3.05, 3.63) is 46.4 Å². The normalized spacial score (nSPS) is 10.2. The molecule has 0 unspecified atom stereocenters. The van der Waals surface area contributed by atoms with Crippen molar-refractivity contribution in [2.45, 2.75) is 0 Å². The van der Waals surface area contributed by atoms with Crippen LogP contribution in [0.4, 0.5) is 11.4 Å². The van der Waals surface area contributed by atoms with E-state index in [1.54, 1.807) is 12.1 Å². The Labute approximate surface area is 115 Å². The Morgan fingerprint density at radius 3 is 1.39 bits per heavy atom. The lowest BCUT2D eigenvalue weighted by Crippen LogP contribution is -2.06. The standard InChI is InChI=1S/C12H12Cl2N4/c13-11-5-7(17-15)1-3-9(11)10-4-2-8(18-16)6-12(10)14/h1-6,17-18H,15-16H2. The molecule has 0 radical (unpaired) electrons. The minimum absolute atomic E-state index is 0.570. The van der Waals surface area contributed by atoms with Crippen molar-refractivity contribution in [3.8, 4) is 11.1 Å². The van der Waals surface area contributed by atoms with Crippen LogP contribution in [0.5, 0.6) is 0 Å². The number of rotatable bonds is 3. The van der Waals surface area contributed by atoms with Crippen molar-refractivity contribution in [1.29, 1.82) is 0 Å². The summed E-state index contributed by atoms with van der Waals surface area (Å²) in [6.07, 6.45) is 0. The molecule has 6 heteroatoms. The Hall–Kier alpha value is -1.46. The quantitative estimate of drug-likeness (QED) is 0.515. The van der Waals surface area contributed by atoms with Gasteiger partial charge in [0.15, 0.2) is 0 Å². The molecule has 0 heterocycles. The number of hydrogen-bond acceptors (Lipinski definition) is 4. The summed E-state index contributed by atoms with van der Waals surface area (Å²) in [6, 6.07) is 10.8. The van der Waals surface area contributed by atoms with Crippen LogP contribution in [0.25, 0.3) is 11.1 Å². The summed E-state index contributed by atoms with van der Waals surface area (Å²) >= 11 is 12.4. The zero-order valence-electron chi connectivity index (χ0n) is 9.37. The van der Waals surface area contributed by atoms with Crippen LogP contribution < -0.4 is 22.5 Å². The van der Waals surface area contributed by atoms with Crippen molar-refractivity contribution in [3.63, 3.8) is 0 Å². The van der Waals surface area contributed by atoms with Crippen molar-refractivity contribution in [2.24, 2.45) is 11.7 Å². The van der Waals surface area contributed by atoms with Crippen molar-refractivity contribution in [1.82, 2.24) is 0 Å². The molecule has 2 aromatic rings. The van der Waals surface area contributed by atoms with Crippen LogP contribution in [0.15, 0.2) is 36.4 Å². The van der Waals surface area contributed by atoms with Gasteiger partial charge in [-0.15, -0.1) is 0 Å². The van der Waals surface area contributed by atoms with Gasteiger partial charge in [-0.2, -0.15) is 0 Å². The number of hydrazine groups is 2. The lowest BCUT2D eigenvalue weighted by Gasteiger charge is -2.10. The van der Waals surface area contributed by atoms with Gasteiger partial charge in [-0.1, -0.05) is 35.3 Å². The highest BCUT2D eigenvalue weighted by Gasteiger charge is 2.08. The molecule has 18 heavy (non-hydrogen) atoms. The third kappa shape index (κ3) is 2.52. The first kappa shape index (κ1) is 13.0. The molecule has 0 spiro atoms. The minimum Gasteiger partial charge on any atom is -0.324 e. The molecular weight excluding hydrogens is 271 g/mol. The van der Waals surface area contributed by atoms with Gasteiger partial charge in [0.2, 0.25) is 0 Å². The van der Waals surface area contributed by atoms with E-state index in [0.29, 0.717) is 10.0 Å². The van der Waals surface area contributed by atoms with Gasteiger partial charge in [-0.3, -0.25) is 11.7 Å². The summed E-state index contributed by atoms with van der Waals surface area (Å²) < 4.78 is 0. The number of halogens is 2. The third-order valence-electron chi connectivity index (χ3n) is 2.56. The first-order valence-corrected chi connectivity index (χ1v) is 5.94. The third-order valence-corrected chi connectivity index (χ3v) is 3.19. The second-order valence-corrected chi connectivity index (χ2v) is 4.49. The molecule has 0 aliphatic rings. The van der Waals surface area contributed by atoms with E-state index in [4.69, 9.17) is 34.9 Å². The second-order valence-electron chi connectivity index (χ2n) is 3.68. The SMILES string of the molecule is NNc1ccc(-c2ccc(NN)cc2Cl)c(Cl)c1. The topological polar surface area (TPSA) is 76.1 Å². The number of nitrogens with two attached hydrogens (primary N) is 2.